The molecule has 0 aromatic rings. The summed E-state index contributed by atoms with van der Waals surface area (Å²) in [5, 5.41) is 9.43. The van der Waals surface area contributed by atoms with Crippen LogP contribution in [0.5, 0.6) is 0 Å². The van der Waals surface area contributed by atoms with Gasteiger partial charge in [0.15, 0.2) is 0 Å². The fraction of sp³-hybridized carbons (Fsp3) is 0.867. The molecule has 19 heavy (non-hydrogen) atoms. The molecule has 1 unspecified atom stereocenters. The molecular weight excluding hydrogens is 238 g/mol. The van der Waals surface area contributed by atoms with E-state index in [1.807, 2.05) is 4.90 Å². The highest BCUT2D eigenvalue weighted by atomic mass is 16.2. The summed E-state index contributed by atoms with van der Waals surface area (Å²) in [7, 11) is 2.11. The summed E-state index contributed by atoms with van der Waals surface area (Å²) in [6.45, 7) is 7.03. The van der Waals surface area contributed by atoms with Crippen LogP contribution in [-0.2, 0) is 4.79 Å². The molecule has 1 heterocycles. The van der Waals surface area contributed by atoms with E-state index in [1.54, 1.807) is 0 Å². The van der Waals surface area contributed by atoms with Crippen molar-refractivity contribution in [1.82, 2.24) is 9.80 Å². The van der Waals surface area contributed by atoms with Gasteiger partial charge in [0.1, 0.15) is 5.41 Å². The zero-order chi connectivity index (χ0) is 14.0. The van der Waals surface area contributed by atoms with E-state index in [2.05, 4.69) is 31.9 Å². The van der Waals surface area contributed by atoms with Crippen molar-refractivity contribution < 1.29 is 4.79 Å². The monoisotopic (exact) mass is 263 g/mol. The van der Waals surface area contributed by atoms with Gasteiger partial charge in [-0.25, -0.2) is 0 Å². The third kappa shape index (κ3) is 2.62. The van der Waals surface area contributed by atoms with Crippen LogP contribution in [0.2, 0.25) is 0 Å². The van der Waals surface area contributed by atoms with E-state index in [4.69, 9.17) is 0 Å². The van der Waals surface area contributed by atoms with Gasteiger partial charge in [-0.2, -0.15) is 5.26 Å². The quantitative estimate of drug-likeness (QED) is 0.764. The molecule has 1 amide bonds. The van der Waals surface area contributed by atoms with E-state index in [1.165, 1.54) is 0 Å². The maximum absolute atomic E-state index is 12.8. The molecule has 4 nitrogen and oxygen atoms in total. The Morgan fingerprint density at radius 1 is 1.42 bits per heavy atom. The summed E-state index contributed by atoms with van der Waals surface area (Å²) in [5.74, 6) is 0.605. The molecule has 0 bridgehead atoms. The van der Waals surface area contributed by atoms with Crippen molar-refractivity contribution in [1.29, 1.82) is 5.26 Å². The minimum Gasteiger partial charge on any atom is -0.337 e. The fourth-order valence-electron chi connectivity index (χ4n) is 3.58. The summed E-state index contributed by atoms with van der Waals surface area (Å²) in [5.41, 5.74) is -0.713. The Morgan fingerprint density at radius 3 is 2.63 bits per heavy atom. The molecule has 0 N–H and O–H groups in total. The highest BCUT2D eigenvalue weighted by Crippen LogP contribution is 2.46. The van der Waals surface area contributed by atoms with E-state index in [0.29, 0.717) is 5.92 Å². The molecular formula is C15H25N3O. The largest absolute Gasteiger partial charge is 0.337 e. The van der Waals surface area contributed by atoms with Crippen LogP contribution in [0.1, 0.15) is 39.5 Å². The summed E-state index contributed by atoms with van der Waals surface area (Å²) in [6, 6.07) is 2.58. The number of rotatable bonds is 2. The predicted octanol–water partition coefficient (Wildman–Crippen LogP) is 1.87. The van der Waals surface area contributed by atoms with Crippen molar-refractivity contribution in [3.63, 3.8) is 0 Å². The molecule has 1 aliphatic heterocycles. The first-order chi connectivity index (χ1) is 9.02. The van der Waals surface area contributed by atoms with Gasteiger partial charge in [-0.05, 0) is 45.2 Å². The first kappa shape index (κ1) is 14.3. The molecule has 1 atom stereocenters. The molecule has 1 saturated heterocycles. The molecule has 106 valence electrons. The number of carbonyl (C=O) groups excluding carboxylic acids is 1. The van der Waals surface area contributed by atoms with Crippen LogP contribution in [0.4, 0.5) is 0 Å². The molecule has 2 rings (SSSR count). The van der Waals surface area contributed by atoms with E-state index in [-0.39, 0.29) is 11.9 Å². The maximum atomic E-state index is 12.8. The van der Waals surface area contributed by atoms with Gasteiger partial charge in [0.25, 0.3) is 0 Å². The van der Waals surface area contributed by atoms with Crippen molar-refractivity contribution in [2.75, 3.05) is 26.7 Å². The summed E-state index contributed by atoms with van der Waals surface area (Å²) in [4.78, 5) is 17.1. The van der Waals surface area contributed by atoms with Gasteiger partial charge < -0.3 is 9.80 Å². The molecule has 0 aromatic carbocycles. The molecule has 0 spiro atoms. The van der Waals surface area contributed by atoms with Gasteiger partial charge >= 0.3 is 0 Å². The van der Waals surface area contributed by atoms with Gasteiger partial charge in [-0.15, -0.1) is 0 Å². The summed E-state index contributed by atoms with van der Waals surface area (Å²) >= 11 is 0. The van der Waals surface area contributed by atoms with Gasteiger partial charge in [-0.1, -0.05) is 13.8 Å². The number of nitrogens with zero attached hydrogens (tertiary/aromatic N) is 3. The van der Waals surface area contributed by atoms with Crippen molar-refractivity contribution in [2.24, 2.45) is 11.3 Å². The average Bonchev–Trinajstić information content (AvgIpc) is 2.55. The Kier molecular flexibility index (Phi) is 4.15. The normalized spacial score (nSPS) is 36.2. The lowest BCUT2D eigenvalue weighted by Gasteiger charge is -2.44. The van der Waals surface area contributed by atoms with Crippen molar-refractivity contribution in [2.45, 2.75) is 45.6 Å². The van der Waals surface area contributed by atoms with Crippen molar-refractivity contribution in [3.8, 4) is 6.07 Å². The van der Waals surface area contributed by atoms with Crippen LogP contribution in [0.25, 0.3) is 0 Å². The van der Waals surface area contributed by atoms with E-state index < -0.39 is 5.41 Å². The summed E-state index contributed by atoms with van der Waals surface area (Å²) < 4.78 is 0. The summed E-state index contributed by atoms with van der Waals surface area (Å²) in [6.07, 6.45) is 3.46. The molecule has 2 fully saturated rings. The van der Waals surface area contributed by atoms with Crippen LogP contribution in [0, 0.1) is 22.7 Å². The number of nitriles is 1. The predicted molar refractivity (Wildman–Crippen MR) is 74.4 cm³/mol. The van der Waals surface area contributed by atoms with Gasteiger partial charge in [0.05, 0.1) is 6.07 Å². The smallest absolute Gasteiger partial charge is 0.243 e. The number of hydrogen-bond acceptors (Lipinski definition) is 3. The van der Waals surface area contributed by atoms with Crippen molar-refractivity contribution in [3.05, 3.63) is 0 Å². The number of hydrogen-bond donors (Lipinski definition) is 0. The lowest BCUT2D eigenvalue weighted by molar-refractivity contribution is -0.147. The Bertz CT molecular complexity index is 381. The maximum Gasteiger partial charge on any atom is 0.243 e. The second-order valence-electron chi connectivity index (χ2n) is 6.38. The SMILES string of the molecule is CCC1CN(C)CCCN1C(=O)C1(C#N)CC(C)C1. The lowest BCUT2D eigenvalue weighted by atomic mass is 9.62. The Morgan fingerprint density at radius 2 is 2.11 bits per heavy atom. The standard InChI is InChI=1S/C15H25N3O/c1-4-13-10-17(3)6-5-7-18(13)14(19)15(11-16)8-12(2)9-15/h12-13H,4-10H2,1-3H3. The minimum atomic E-state index is -0.713. The Labute approximate surface area is 116 Å². The van der Waals surface area contributed by atoms with Crippen LogP contribution in [-0.4, -0.2) is 48.4 Å². The van der Waals surface area contributed by atoms with Crippen LogP contribution in [0.15, 0.2) is 0 Å². The Balaban J connectivity index is 2.14. The third-order valence-corrected chi connectivity index (χ3v) is 4.65. The number of carbonyl (C=O) groups is 1. The molecule has 0 aromatic heterocycles. The highest BCUT2D eigenvalue weighted by Gasteiger charge is 2.51. The van der Waals surface area contributed by atoms with Crippen LogP contribution < -0.4 is 0 Å². The van der Waals surface area contributed by atoms with Gasteiger partial charge in [-0.3, -0.25) is 4.79 Å². The zero-order valence-electron chi connectivity index (χ0n) is 12.4. The average molecular weight is 263 g/mol. The van der Waals surface area contributed by atoms with E-state index >= 15 is 0 Å². The molecule has 0 radical (unpaired) electrons. The minimum absolute atomic E-state index is 0.0928. The Hall–Kier alpha value is -1.08. The molecule has 1 saturated carbocycles. The molecule has 1 aliphatic carbocycles. The molecule has 2 aliphatic rings. The van der Waals surface area contributed by atoms with Crippen molar-refractivity contribution >= 4 is 5.91 Å². The first-order valence-electron chi connectivity index (χ1n) is 7.43. The molecule has 4 heteroatoms. The zero-order valence-corrected chi connectivity index (χ0v) is 12.4. The number of likely N-dealkylation sites (N-methyl/N-ethyl adjacent to an activating group) is 1. The number of amides is 1. The third-order valence-electron chi connectivity index (χ3n) is 4.65. The lowest BCUT2D eigenvalue weighted by Crippen LogP contribution is -2.54. The van der Waals surface area contributed by atoms with E-state index in [9.17, 15) is 10.1 Å². The highest BCUT2D eigenvalue weighted by molar-refractivity contribution is 5.87. The fourth-order valence-corrected chi connectivity index (χ4v) is 3.58. The van der Waals surface area contributed by atoms with Gasteiger partial charge in [0.2, 0.25) is 5.91 Å². The topological polar surface area (TPSA) is 47.3 Å². The van der Waals surface area contributed by atoms with Gasteiger partial charge in [0, 0.05) is 19.1 Å². The first-order valence-corrected chi connectivity index (χ1v) is 7.43. The van der Waals surface area contributed by atoms with Crippen LogP contribution >= 0.6 is 0 Å². The second-order valence-corrected chi connectivity index (χ2v) is 6.38. The second kappa shape index (κ2) is 5.50. The van der Waals surface area contributed by atoms with Crippen LogP contribution in [0.3, 0.4) is 0 Å². The van der Waals surface area contributed by atoms with E-state index in [0.717, 1.165) is 45.3 Å².